The molecule has 0 unspecified atom stereocenters. The van der Waals surface area contributed by atoms with Gasteiger partial charge < -0.3 is 9.84 Å². The Morgan fingerprint density at radius 1 is 0.815 bits per heavy atom. The SMILES string of the molecule is CCCCCCCCCC(=O)Oc1ccc(I)cc1.Oc1ccc(I)cc1. The van der Waals surface area contributed by atoms with Crippen LogP contribution in [0.1, 0.15) is 58.3 Å². The Kier molecular flexibility index (Phi) is 13.6. The molecule has 0 bridgehead atoms. The van der Waals surface area contributed by atoms with E-state index in [9.17, 15) is 4.79 Å². The standard InChI is InChI=1S/C16H23IO2.C6H5IO/c1-2-3-4-5-6-7-8-9-16(18)19-15-12-10-14(17)11-13-15;7-5-1-3-6(8)4-2-5/h10-13H,2-9H2,1H3;1-4,8H. The van der Waals surface area contributed by atoms with Crippen LogP contribution in [0.25, 0.3) is 0 Å². The van der Waals surface area contributed by atoms with E-state index in [2.05, 4.69) is 52.1 Å². The number of carbonyl (C=O) groups excluding carboxylic acids is 1. The molecular weight excluding hydrogens is 566 g/mol. The zero-order valence-corrected chi connectivity index (χ0v) is 20.1. The Hall–Kier alpha value is -0.830. The lowest BCUT2D eigenvalue weighted by atomic mass is 10.1. The summed E-state index contributed by atoms with van der Waals surface area (Å²) in [7, 11) is 0. The zero-order valence-electron chi connectivity index (χ0n) is 15.8. The van der Waals surface area contributed by atoms with E-state index < -0.39 is 0 Å². The van der Waals surface area contributed by atoms with Crippen LogP contribution in [0.15, 0.2) is 48.5 Å². The third-order valence-corrected chi connectivity index (χ3v) is 5.29. The van der Waals surface area contributed by atoms with Crippen LogP contribution >= 0.6 is 45.2 Å². The predicted molar refractivity (Wildman–Crippen MR) is 128 cm³/mol. The van der Waals surface area contributed by atoms with E-state index >= 15 is 0 Å². The van der Waals surface area contributed by atoms with Crippen LogP contribution in [0.3, 0.4) is 0 Å². The van der Waals surface area contributed by atoms with Crippen LogP contribution in [0.2, 0.25) is 0 Å². The molecule has 2 aromatic carbocycles. The molecule has 2 aromatic rings. The summed E-state index contributed by atoms with van der Waals surface area (Å²) in [5, 5.41) is 8.75. The third kappa shape index (κ3) is 13.1. The van der Waals surface area contributed by atoms with E-state index in [1.165, 1.54) is 32.1 Å². The van der Waals surface area contributed by atoms with Gasteiger partial charge in [0.2, 0.25) is 0 Å². The summed E-state index contributed by atoms with van der Waals surface area (Å²) in [5.41, 5.74) is 0. The van der Waals surface area contributed by atoms with Gasteiger partial charge in [-0.15, -0.1) is 0 Å². The topological polar surface area (TPSA) is 46.5 Å². The van der Waals surface area contributed by atoms with Gasteiger partial charge in [-0.25, -0.2) is 0 Å². The van der Waals surface area contributed by atoms with Gasteiger partial charge in [0.1, 0.15) is 11.5 Å². The molecule has 0 saturated carbocycles. The van der Waals surface area contributed by atoms with E-state index in [4.69, 9.17) is 9.84 Å². The Bertz CT molecular complexity index is 619. The quantitative estimate of drug-likeness (QED) is 0.143. The van der Waals surface area contributed by atoms with Crippen molar-refractivity contribution in [3.8, 4) is 11.5 Å². The van der Waals surface area contributed by atoms with Crippen molar-refractivity contribution < 1.29 is 14.6 Å². The number of phenolic OH excluding ortho intramolecular Hbond substituents is 1. The zero-order chi connectivity index (χ0) is 19.9. The van der Waals surface area contributed by atoms with Crippen LogP contribution in [0.4, 0.5) is 0 Å². The highest BCUT2D eigenvalue weighted by atomic mass is 127. The first-order chi connectivity index (χ1) is 13.0. The lowest BCUT2D eigenvalue weighted by Crippen LogP contribution is -2.07. The molecule has 1 N–H and O–H groups in total. The van der Waals surface area contributed by atoms with E-state index in [-0.39, 0.29) is 5.97 Å². The molecule has 0 aromatic heterocycles. The summed E-state index contributed by atoms with van der Waals surface area (Å²) in [6.45, 7) is 2.22. The van der Waals surface area contributed by atoms with Crippen molar-refractivity contribution in [2.24, 2.45) is 0 Å². The van der Waals surface area contributed by atoms with Gasteiger partial charge in [0.25, 0.3) is 0 Å². The van der Waals surface area contributed by atoms with Crippen molar-refractivity contribution in [1.29, 1.82) is 0 Å². The lowest BCUT2D eigenvalue weighted by Gasteiger charge is -2.04. The summed E-state index contributed by atoms with van der Waals surface area (Å²) < 4.78 is 7.55. The molecule has 0 saturated heterocycles. The summed E-state index contributed by atoms with van der Waals surface area (Å²) in [6, 6.07) is 14.6. The second-order valence-electron chi connectivity index (χ2n) is 6.28. The second-order valence-corrected chi connectivity index (χ2v) is 8.77. The maximum absolute atomic E-state index is 11.6. The average Bonchev–Trinajstić information content (AvgIpc) is 2.66. The third-order valence-electron chi connectivity index (χ3n) is 3.86. The van der Waals surface area contributed by atoms with Crippen molar-refractivity contribution in [2.45, 2.75) is 58.3 Å². The summed E-state index contributed by atoms with van der Waals surface area (Å²) in [6.07, 6.45) is 9.05. The van der Waals surface area contributed by atoms with Crippen molar-refractivity contribution in [1.82, 2.24) is 0 Å². The fourth-order valence-corrected chi connectivity index (χ4v) is 3.07. The van der Waals surface area contributed by atoms with Gasteiger partial charge in [-0.2, -0.15) is 0 Å². The Balaban J connectivity index is 0.000000377. The fourth-order valence-electron chi connectivity index (χ4n) is 2.35. The van der Waals surface area contributed by atoms with Crippen LogP contribution in [0, 0.1) is 7.14 Å². The largest absolute Gasteiger partial charge is 0.508 e. The summed E-state index contributed by atoms with van der Waals surface area (Å²) >= 11 is 4.42. The van der Waals surface area contributed by atoms with Crippen molar-refractivity contribution in [3.05, 3.63) is 55.7 Å². The van der Waals surface area contributed by atoms with Crippen LogP contribution in [-0.4, -0.2) is 11.1 Å². The van der Waals surface area contributed by atoms with Crippen LogP contribution in [0.5, 0.6) is 11.5 Å². The lowest BCUT2D eigenvalue weighted by molar-refractivity contribution is -0.134. The molecule has 2 rings (SSSR count). The molecule has 0 heterocycles. The normalized spacial score (nSPS) is 10.0. The maximum atomic E-state index is 11.6. The predicted octanol–water partition coefficient (Wildman–Crippen LogP) is 7.33. The fraction of sp³-hybridized carbons (Fsp3) is 0.409. The smallest absolute Gasteiger partial charge is 0.311 e. The maximum Gasteiger partial charge on any atom is 0.311 e. The van der Waals surface area contributed by atoms with Crippen molar-refractivity contribution >= 4 is 51.2 Å². The van der Waals surface area contributed by atoms with Gasteiger partial charge in [-0.3, -0.25) is 4.79 Å². The van der Waals surface area contributed by atoms with E-state index in [1.807, 2.05) is 36.4 Å². The highest BCUT2D eigenvalue weighted by Gasteiger charge is 2.04. The van der Waals surface area contributed by atoms with E-state index in [1.54, 1.807) is 12.1 Å². The minimum Gasteiger partial charge on any atom is -0.508 e. The second kappa shape index (κ2) is 15.1. The number of ether oxygens (including phenoxy) is 1. The Morgan fingerprint density at radius 2 is 1.30 bits per heavy atom. The minimum atomic E-state index is -0.116. The number of hydrogen-bond acceptors (Lipinski definition) is 3. The first-order valence-corrected chi connectivity index (χ1v) is 11.6. The first kappa shape index (κ1) is 24.2. The molecule has 5 heteroatoms. The number of phenols is 1. The average molecular weight is 594 g/mol. The van der Waals surface area contributed by atoms with Gasteiger partial charge in [-0.1, -0.05) is 45.4 Å². The number of carbonyl (C=O) groups is 1. The highest BCUT2D eigenvalue weighted by molar-refractivity contribution is 14.1. The highest BCUT2D eigenvalue weighted by Crippen LogP contribution is 2.15. The molecular formula is C22H28I2O3. The number of halogens is 2. The molecule has 0 atom stereocenters. The van der Waals surface area contributed by atoms with Gasteiger partial charge in [-0.05, 0) is 100 Å². The van der Waals surface area contributed by atoms with Gasteiger partial charge >= 0.3 is 5.97 Å². The van der Waals surface area contributed by atoms with E-state index in [0.717, 1.165) is 20.0 Å². The number of aromatic hydroxyl groups is 1. The molecule has 27 heavy (non-hydrogen) atoms. The first-order valence-electron chi connectivity index (χ1n) is 9.42. The van der Waals surface area contributed by atoms with Gasteiger partial charge in [0.15, 0.2) is 0 Å². The number of rotatable bonds is 9. The number of benzene rings is 2. The summed E-state index contributed by atoms with van der Waals surface area (Å²) in [4.78, 5) is 11.6. The molecule has 0 amide bonds. The van der Waals surface area contributed by atoms with Gasteiger partial charge in [0, 0.05) is 13.6 Å². The van der Waals surface area contributed by atoms with Gasteiger partial charge in [0.05, 0.1) is 0 Å². The van der Waals surface area contributed by atoms with Crippen LogP contribution < -0.4 is 4.74 Å². The van der Waals surface area contributed by atoms with Crippen molar-refractivity contribution in [3.63, 3.8) is 0 Å². The molecule has 0 aliphatic carbocycles. The van der Waals surface area contributed by atoms with Crippen molar-refractivity contribution in [2.75, 3.05) is 0 Å². The monoisotopic (exact) mass is 594 g/mol. The molecule has 0 aliphatic heterocycles. The number of esters is 1. The number of hydrogen-bond donors (Lipinski definition) is 1. The Morgan fingerprint density at radius 3 is 1.81 bits per heavy atom. The number of unbranched alkanes of at least 4 members (excludes halogenated alkanes) is 6. The van der Waals surface area contributed by atoms with Crippen LogP contribution in [-0.2, 0) is 4.79 Å². The molecule has 0 fully saturated rings. The Labute approximate surface area is 190 Å². The molecule has 0 radical (unpaired) electrons. The summed E-state index contributed by atoms with van der Waals surface area (Å²) in [5.74, 6) is 0.855. The molecule has 3 nitrogen and oxygen atoms in total. The molecule has 0 aliphatic rings. The molecule has 0 spiro atoms. The minimum absolute atomic E-state index is 0.116. The van der Waals surface area contributed by atoms with E-state index in [0.29, 0.717) is 17.9 Å². The molecule has 148 valence electrons.